The number of quaternary nitrogens is 1. The minimum absolute atomic E-state index is 0.0360. The molecule has 0 aromatic heterocycles. The third-order valence-electron chi connectivity index (χ3n) is 5.70. The molecular weight excluding hydrogens is 493 g/mol. The van der Waals surface area contributed by atoms with Crippen LogP contribution in [0.4, 0.5) is 0 Å². The summed E-state index contributed by atoms with van der Waals surface area (Å²) in [5, 5.41) is 0. The fourth-order valence-electron chi connectivity index (χ4n) is 3.51. The standard InChI is InChI=1S/C28H58NO7P/c1-6-7-8-9-10-11-12-13-14-15-16-17-18-19-20-21-23-33-25-28(36-27(2)30)26-35-37(31,32)34-24-22-29(3,4)5/h28H,6-26H2,1-5H3/p+1/t28-/m1/s1/i13D2,14D2. The molecule has 0 bridgehead atoms. The molecule has 2 atom stereocenters. The lowest BCUT2D eigenvalue weighted by molar-refractivity contribution is -0.870. The van der Waals surface area contributed by atoms with Gasteiger partial charge in [-0.15, -0.1) is 0 Å². The first kappa shape index (κ1) is 29.5. The van der Waals surface area contributed by atoms with E-state index in [-0.39, 0.29) is 32.7 Å². The van der Waals surface area contributed by atoms with Crippen LogP contribution in [0.2, 0.25) is 0 Å². The maximum absolute atomic E-state index is 12.1. The molecule has 9 heteroatoms. The number of nitrogens with zero attached hydrogens (tertiary/aromatic N) is 1. The van der Waals surface area contributed by atoms with E-state index in [1.54, 1.807) is 0 Å². The highest BCUT2D eigenvalue weighted by Crippen LogP contribution is 2.43. The number of likely N-dealkylation sites (N-methyl/N-ethyl adjacent to an activating group) is 1. The zero-order valence-electron chi connectivity index (χ0n) is 28.3. The third-order valence-corrected chi connectivity index (χ3v) is 6.68. The van der Waals surface area contributed by atoms with Crippen molar-refractivity contribution < 1.29 is 42.7 Å². The van der Waals surface area contributed by atoms with Gasteiger partial charge in [0.15, 0.2) is 0 Å². The van der Waals surface area contributed by atoms with Gasteiger partial charge in [0, 0.05) is 19.0 Å². The second kappa shape index (κ2) is 23.4. The Bertz CT molecular complexity index is 739. The van der Waals surface area contributed by atoms with Gasteiger partial charge < -0.3 is 18.9 Å². The minimum Gasteiger partial charge on any atom is -0.458 e. The normalized spacial score (nSPS) is 16.8. The summed E-state index contributed by atoms with van der Waals surface area (Å²) in [6.45, 7) is 4.14. The van der Waals surface area contributed by atoms with E-state index in [4.69, 9.17) is 24.0 Å². The number of phosphoric acid groups is 1. The van der Waals surface area contributed by atoms with Crippen molar-refractivity contribution >= 4 is 13.8 Å². The van der Waals surface area contributed by atoms with Gasteiger partial charge in [0.05, 0.1) is 34.4 Å². The van der Waals surface area contributed by atoms with Crippen molar-refractivity contribution in [1.82, 2.24) is 0 Å². The lowest BCUT2D eigenvalue weighted by Crippen LogP contribution is -2.37. The van der Waals surface area contributed by atoms with E-state index >= 15 is 0 Å². The third kappa shape index (κ3) is 28.3. The predicted octanol–water partition coefficient (Wildman–Crippen LogP) is 7.04. The van der Waals surface area contributed by atoms with E-state index < -0.39 is 32.6 Å². The Morgan fingerprint density at radius 3 is 1.84 bits per heavy atom. The maximum atomic E-state index is 12.1. The summed E-state index contributed by atoms with van der Waals surface area (Å²) in [5.41, 5.74) is 0. The van der Waals surface area contributed by atoms with E-state index in [2.05, 4.69) is 6.92 Å². The average Bonchev–Trinajstić information content (AvgIpc) is 2.84. The number of hydrogen-bond acceptors (Lipinski definition) is 6. The molecule has 0 saturated heterocycles. The number of ether oxygens (including phenoxy) is 2. The van der Waals surface area contributed by atoms with Gasteiger partial charge in [0.1, 0.15) is 19.3 Å². The van der Waals surface area contributed by atoms with E-state index in [0.717, 1.165) is 51.4 Å². The van der Waals surface area contributed by atoms with Crippen LogP contribution < -0.4 is 0 Å². The van der Waals surface area contributed by atoms with Gasteiger partial charge in [-0.1, -0.05) is 103 Å². The topological polar surface area (TPSA) is 91.3 Å². The quantitative estimate of drug-likeness (QED) is 0.0502. The second-order valence-electron chi connectivity index (χ2n) is 10.7. The van der Waals surface area contributed by atoms with Crippen molar-refractivity contribution in [2.75, 3.05) is 54.1 Å². The lowest BCUT2D eigenvalue weighted by Gasteiger charge is -2.24. The molecule has 0 aliphatic rings. The molecule has 8 nitrogen and oxygen atoms in total. The fourth-order valence-corrected chi connectivity index (χ4v) is 4.25. The van der Waals surface area contributed by atoms with Gasteiger partial charge in [-0.05, 0) is 6.42 Å². The van der Waals surface area contributed by atoms with Gasteiger partial charge in [0.25, 0.3) is 0 Å². The highest BCUT2D eigenvalue weighted by atomic mass is 31.2. The van der Waals surface area contributed by atoms with Crippen LogP contribution in [0.5, 0.6) is 0 Å². The number of rotatable bonds is 27. The van der Waals surface area contributed by atoms with Crippen molar-refractivity contribution in [1.29, 1.82) is 0 Å². The van der Waals surface area contributed by atoms with Crippen LogP contribution in [-0.2, 0) is 27.9 Å². The average molecular weight is 557 g/mol. The van der Waals surface area contributed by atoms with Crippen molar-refractivity contribution in [2.24, 2.45) is 0 Å². The first-order valence-electron chi connectivity index (χ1n) is 16.2. The Kier molecular flexibility index (Phi) is 18.6. The maximum Gasteiger partial charge on any atom is 0.472 e. The molecule has 222 valence electrons. The van der Waals surface area contributed by atoms with Gasteiger partial charge >= 0.3 is 13.8 Å². The van der Waals surface area contributed by atoms with Crippen molar-refractivity contribution in [3.05, 3.63) is 0 Å². The van der Waals surface area contributed by atoms with Crippen molar-refractivity contribution in [3.63, 3.8) is 0 Å². The first-order chi connectivity index (χ1) is 19.0. The van der Waals surface area contributed by atoms with Gasteiger partial charge in [0.2, 0.25) is 0 Å². The summed E-state index contributed by atoms with van der Waals surface area (Å²) < 4.78 is 66.3. The molecule has 0 saturated carbocycles. The fraction of sp³-hybridized carbons (Fsp3) is 0.964. The van der Waals surface area contributed by atoms with Crippen LogP contribution in [0.1, 0.15) is 122 Å². The van der Waals surface area contributed by atoms with Crippen molar-refractivity contribution in [3.8, 4) is 0 Å². The Morgan fingerprint density at radius 1 is 0.811 bits per heavy atom. The molecule has 0 rings (SSSR count). The summed E-state index contributed by atoms with van der Waals surface area (Å²) in [5.74, 6) is -0.541. The zero-order valence-corrected chi connectivity index (χ0v) is 25.2. The molecule has 1 unspecified atom stereocenters. The monoisotopic (exact) mass is 556 g/mol. The Labute approximate surface area is 233 Å². The summed E-state index contributed by atoms with van der Waals surface area (Å²) in [4.78, 5) is 21.2. The first-order valence-corrected chi connectivity index (χ1v) is 15.7. The molecule has 0 aliphatic heterocycles. The molecule has 0 aromatic carbocycles. The van der Waals surface area contributed by atoms with E-state index in [1.165, 1.54) is 26.2 Å². The zero-order chi connectivity index (χ0) is 31.4. The Balaban J connectivity index is 4.08. The van der Waals surface area contributed by atoms with Crippen LogP contribution in [0.25, 0.3) is 0 Å². The largest absolute Gasteiger partial charge is 0.472 e. The molecular formula is C28H59NO7P+. The second-order valence-corrected chi connectivity index (χ2v) is 12.1. The SMILES string of the molecule is [2H]C([2H])(CCCCCCCC)C([2H])([2H])CCCCCCCCOC[C@H](COP(=O)(O)OCC[N+](C)(C)C)OC(C)=O. The molecule has 1 N–H and O–H groups in total. The van der Waals surface area contributed by atoms with E-state index in [9.17, 15) is 14.3 Å². The summed E-state index contributed by atoms with van der Waals surface area (Å²) in [6.07, 6.45) is 7.58. The number of carbonyl (C=O) groups is 1. The molecule has 37 heavy (non-hydrogen) atoms. The molecule has 0 heterocycles. The lowest BCUT2D eigenvalue weighted by atomic mass is 10.0. The number of esters is 1. The molecule has 0 spiro atoms. The molecule has 0 amide bonds. The summed E-state index contributed by atoms with van der Waals surface area (Å²) in [6, 6.07) is 0. The smallest absolute Gasteiger partial charge is 0.458 e. The van der Waals surface area contributed by atoms with Crippen molar-refractivity contribution in [2.45, 2.75) is 123 Å². The van der Waals surface area contributed by atoms with Crippen LogP contribution >= 0.6 is 7.82 Å². The number of phosphoric ester groups is 1. The van der Waals surface area contributed by atoms with Crippen LogP contribution in [0.15, 0.2) is 0 Å². The Morgan fingerprint density at radius 2 is 1.32 bits per heavy atom. The minimum atomic E-state index is -4.27. The molecule has 0 aromatic rings. The number of unbranched alkanes of at least 4 members (excludes halogenated alkanes) is 10. The number of carbonyl (C=O) groups excluding carboxylic acids is 1. The van der Waals surface area contributed by atoms with Gasteiger partial charge in [-0.2, -0.15) is 0 Å². The predicted molar refractivity (Wildman–Crippen MR) is 151 cm³/mol. The van der Waals surface area contributed by atoms with Crippen LogP contribution in [-0.4, -0.2) is 75.6 Å². The summed E-state index contributed by atoms with van der Waals surface area (Å²) >= 11 is 0. The molecule has 0 radical (unpaired) electrons. The molecule has 0 fully saturated rings. The number of hydrogen-bond donors (Lipinski definition) is 1. The van der Waals surface area contributed by atoms with Crippen LogP contribution in [0, 0.1) is 0 Å². The van der Waals surface area contributed by atoms with E-state index in [1.807, 2.05) is 21.1 Å². The van der Waals surface area contributed by atoms with E-state index in [0.29, 0.717) is 24.1 Å². The van der Waals surface area contributed by atoms with Crippen LogP contribution in [0.3, 0.4) is 0 Å². The highest BCUT2D eigenvalue weighted by Gasteiger charge is 2.25. The Hall–Kier alpha value is -0.500. The summed E-state index contributed by atoms with van der Waals surface area (Å²) in [7, 11) is 1.53. The van der Waals surface area contributed by atoms with Gasteiger partial charge in [-0.25, -0.2) is 4.57 Å². The highest BCUT2D eigenvalue weighted by molar-refractivity contribution is 7.47. The van der Waals surface area contributed by atoms with Gasteiger partial charge in [-0.3, -0.25) is 13.8 Å². The molecule has 0 aliphatic carbocycles.